The zero-order valence-electron chi connectivity index (χ0n) is 15.8. The van der Waals surface area contributed by atoms with Crippen LogP contribution in [0.5, 0.6) is 0 Å². The van der Waals surface area contributed by atoms with Crippen molar-refractivity contribution in [2.24, 2.45) is 5.73 Å². The molecule has 2 aromatic rings. The number of sulfone groups is 1. The van der Waals surface area contributed by atoms with Crippen LogP contribution in [0.15, 0.2) is 53.4 Å². The van der Waals surface area contributed by atoms with Crippen molar-refractivity contribution >= 4 is 28.2 Å². The van der Waals surface area contributed by atoms with Crippen LogP contribution in [-0.2, 0) is 9.84 Å². The van der Waals surface area contributed by atoms with E-state index in [1.807, 2.05) is 24.3 Å². The minimum atomic E-state index is -3.47. The van der Waals surface area contributed by atoms with E-state index in [4.69, 9.17) is 5.73 Å². The third kappa shape index (κ3) is 5.79. The normalized spacial score (nSPS) is 12.3. The van der Waals surface area contributed by atoms with Gasteiger partial charge in [-0.15, -0.1) is 12.4 Å². The van der Waals surface area contributed by atoms with Gasteiger partial charge in [0.05, 0.1) is 16.2 Å². The van der Waals surface area contributed by atoms with E-state index in [-0.39, 0.29) is 41.2 Å². The van der Waals surface area contributed by atoms with Crippen LogP contribution < -0.4 is 11.1 Å². The Balaban J connectivity index is 0.00000364. The van der Waals surface area contributed by atoms with Crippen molar-refractivity contribution in [3.63, 3.8) is 0 Å². The quantitative estimate of drug-likeness (QED) is 0.731. The predicted molar refractivity (Wildman–Crippen MR) is 111 cm³/mol. The molecule has 7 heteroatoms. The number of nitrogens with one attached hydrogen (secondary N) is 1. The van der Waals surface area contributed by atoms with Crippen LogP contribution in [0.4, 0.5) is 0 Å². The number of rotatable bonds is 7. The van der Waals surface area contributed by atoms with E-state index in [2.05, 4.69) is 19.2 Å². The minimum Gasteiger partial charge on any atom is -0.350 e. The maximum absolute atomic E-state index is 12.5. The number of halogens is 1. The molecule has 0 saturated carbocycles. The Morgan fingerprint density at radius 2 is 1.59 bits per heavy atom. The van der Waals surface area contributed by atoms with Crippen molar-refractivity contribution < 1.29 is 13.2 Å². The van der Waals surface area contributed by atoms with Gasteiger partial charge in [-0.2, -0.15) is 0 Å². The fourth-order valence-corrected chi connectivity index (χ4v) is 3.72. The molecule has 1 unspecified atom stereocenters. The standard InChI is InChI=1S/C20H26N2O3S.ClH/c1-4-26(24,25)19-8-6-5-7-17(19)20(23)22-13-18(21)16-11-9-15(10-12-16)14(2)3;/h5-12,14,18H,4,13,21H2,1-3H3,(H,22,23);1H. The smallest absolute Gasteiger partial charge is 0.252 e. The van der Waals surface area contributed by atoms with Gasteiger partial charge in [0.1, 0.15) is 0 Å². The van der Waals surface area contributed by atoms with E-state index in [1.165, 1.54) is 17.7 Å². The Kier molecular flexibility index (Phi) is 8.47. The zero-order chi connectivity index (χ0) is 19.3. The first-order valence-electron chi connectivity index (χ1n) is 8.71. The number of nitrogens with two attached hydrogens (primary N) is 1. The molecule has 0 aliphatic rings. The topological polar surface area (TPSA) is 89.3 Å². The predicted octanol–water partition coefficient (Wildman–Crippen LogP) is 3.46. The fourth-order valence-electron chi connectivity index (χ4n) is 2.62. The van der Waals surface area contributed by atoms with E-state index < -0.39 is 15.7 Å². The summed E-state index contributed by atoms with van der Waals surface area (Å²) in [6, 6.07) is 13.9. The summed E-state index contributed by atoms with van der Waals surface area (Å²) in [5, 5.41) is 2.74. The minimum absolute atomic E-state index is 0. The van der Waals surface area contributed by atoms with Crippen LogP contribution in [0, 0.1) is 0 Å². The van der Waals surface area contributed by atoms with Crippen molar-refractivity contribution in [3.05, 3.63) is 65.2 Å². The van der Waals surface area contributed by atoms with Crippen LogP contribution in [0.25, 0.3) is 0 Å². The molecule has 0 aliphatic heterocycles. The van der Waals surface area contributed by atoms with E-state index in [0.717, 1.165) is 5.56 Å². The fraction of sp³-hybridized carbons (Fsp3) is 0.350. The van der Waals surface area contributed by atoms with Crippen molar-refractivity contribution in [1.29, 1.82) is 0 Å². The average molecular weight is 411 g/mol. The number of amides is 1. The van der Waals surface area contributed by atoms with E-state index in [0.29, 0.717) is 5.92 Å². The molecule has 0 heterocycles. The van der Waals surface area contributed by atoms with Crippen molar-refractivity contribution in [1.82, 2.24) is 5.32 Å². The number of carbonyl (C=O) groups excluding carboxylic acids is 1. The van der Waals surface area contributed by atoms with Gasteiger partial charge < -0.3 is 11.1 Å². The Labute approximate surface area is 167 Å². The Bertz CT molecular complexity index is 865. The van der Waals surface area contributed by atoms with Gasteiger partial charge in [0, 0.05) is 12.6 Å². The summed E-state index contributed by atoms with van der Waals surface area (Å²) in [5.74, 6) is -0.0530. The van der Waals surface area contributed by atoms with E-state index >= 15 is 0 Å². The lowest BCUT2D eigenvalue weighted by Crippen LogP contribution is -2.32. The molecule has 0 bridgehead atoms. The van der Waals surface area contributed by atoms with Gasteiger partial charge in [0.15, 0.2) is 9.84 Å². The third-order valence-electron chi connectivity index (χ3n) is 4.36. The number of benzene rings is 2. The van der Waals surface area contributed by atoms with Gasteiger partial charge in [-0.1, -0.05) is 57.2 Å². The monoisotopic (exact) mass is 410 g/mol. The highest BCUT2D eigenvalue weighted by Crippen LogP contribution is 2.19. The molecule has 2 rings (SSSR count). The Hall–Kier alpha value is -1.89. The average Bonchev–Trinajstić information content (AvgIpc) is 2.65. The number of carbonyl (C=O) groups is 1. The Morgan fingerprint density at radius 3 is 2.15 bits per heavy atom. The van der Waals surface area contributed by atoms with Gasteiger partial charge in [0.2, 0.25) is 0 Å². The summed E-state index contributed by atoms with van der Waals surface area (Å²) in [6.07, 6.45) is 0. The van der Waals surface area contributed by atoms with Crippen molar-refractivity contribution in [3.8, 4) is 0 Å². The second kappa shape index (κ2) is 9.88. The summed E-state index contributed by atoms with van der Waals surface area (Å²) in [5.41, 5.74) is 8.46. The molecule has 1 amide bonds. The highest BCUT2D eigenvalue weighted by molar-refractivity contribution is 7.91. The number of hydrogen-bond acceptors (Lipinski definition) is 4. The van der Waals surface area contributed by atoms with E-state index in [9.17, 15) is 13.2 Å². The molecule has 27 heavy (non-hydrogen) atoms. The Morgan fingerprint density at radius 1 is 1.04 bits per heavy atom. The summed E-state index contributed by atoms with van der Waals surface area (Å²) in [6.45, 7) is 6.02. The van der Waals surface area contributed by atoms with Crippen molar-refractivity contribution in [2.45, 2.75) is 37.6 Å². The molecule has 0 aromatic heterocycles. The summed E-state index contributed by atoms with van der Waals surface area (Å²) in [7, 11) is -3.47. The maximum atomic E-state index is 12.5. The lowest BCUT2D eigenvalue weighted by Gasteiger charge is -2.15. The molecule has 1 atom stereocenters. The summed E-state index contributed by atoms with van der Waals surface area (Å²) < 4.78 is 24.3. The largest absolute Gasteiger partial charge is 0.350 e. The van der Waals surface area contributed by atoms with Crippen LogP contribution in [0.2, 0.25) is 0 Å². The maximum Gasteiger partial charge on any atom is 0.252 e. The first-order valence-corrected chi connectivity index (χ1v) is 10.4. The van der Waals surface area contributed by atoms with Crippen LogP contribution >= 0.6 is 12.4 Å². The molecule has 0 saturated heterocycles. The second-order valence-electron chi connectivity index (χ2n) is 6.54. The lowest BCUT2D eigenvalue weighted by atomic mass is 9.99. The molecular formula is C20H27ClN2O3S. The summed E-state index contributed by atoms with van der Waals surface area (Å²) in [4.78, 5) is 12.5. The molecule has 0 aliphatic carbocycles. The van der Waals surface area contributed by atoms with Crippen LogP contribution in [-0.4, -0.2) is 26.6 Å². The molecule has 0 radical (unpaired) electrons. The number of hydrogen-bond donors (Lipinski definition) is 2. The summed E-state index contributed by atoms with van der Waals surface area (Å²) >= 11 is 0. The van der Waals surface area contributed by atoms with Gasteiger partial charge in [0.25, 0.3) is 5.91 Å². The molecule has 0 fully saturated rings. The molecule has 5 nitrogen and oxygen atoms in total. The first-order chi connectivity index (χ1) is 12.3. The van der Waals surface area contributed by atoms with E-state index in [1.54, 1.807) is 19.1 Å². The van der Waals surface area contributed by atoms with Crippen LogP contribution in [0.1, 0.15) is 54.2 Å². The molecule has 3 N–H and O–H groups in total. The molecule has 148 valence electrons. The zero-order valence-corrected chi connectivity index (χ0v) is 17.4. The van der Waals surface area contributed by atoms with Gasteiger partial charge >= 0.3 is 0 Å². The molecule has 2 aromatic carbocycles. The van der Waals surface area contributed by atoms with Crippen LogP contribution in [0.3, 0.4) is 0 Å². The highest BCUT2D eigenvalue weighted by atomic mass is 35.5. The highest BCUT2D eigenvalue weighted by Gasteiger charge is 2.20. The SMILES string of the molecule is CCS(=O)(=O)c1ccccc1C(=O)NCC(N)c1ccc(C(C)C)cc1.Cl. The molecule has 0 spiro atoms. The van der Waals surface area contributed by atoms with Gasteiger partial charge in [-0.05, 0) is 29.2 Å². The molecular weight excluding hydrogens is 384 g/mol. The van der Waals surface area contributed by atoms with Gasteiger partial charge in [-0.3, -0.25) is 4.79 Å². The third-order valence-corrected chi connectivity index (χ3v) is 6.15. The lowest BCUT2D eigenvalue weighted by molar-refractivity contribution is 0.0948. The van der Waals surface area contributed by atoms with Crippen molar-refractivity contribution in [2.75, 3.05) is 12.3 Å². The first kappa shape index (κ1) is 23.1. The second-order valence-corrected chi connectivity index (χ2v) is 8.78. The van der Waals surface area contributed by atoms with Gasteiger partial charge in [-0.25, -0.2) is 8.42 Å².